The topological polar surface area (TPSA) is 35.6 Å². The minimum absolute atomic E-state index is 0.406. The lowest BCUT2D eigenvalue weighted by molar-refractivity contribution is -0.131. The lowest BCUT2D eigenvalue weighted by atomic mass is 10.0. The summed E-state index contributed by atoms with van der Waals surface area (Å²) in [5.41, 5.74) is 0. The Bertz CT molecular complexity index is 335. The smallest absolute Gasteiger partial charge is 0.222 e. The fourth-order valence-electron chi connectivity index (χ4n) is 4.25. The van der Waals surface area contributed by atoms with Gasteiger partial charge >= 0.3 is 0 Å². The van der Waals surface area contributed by atoms with Gasteiger partial charge in [0, 0.05) is 25.6 Å². The van der Waals surface area contributed by atoms with Crippen LogP contribution in [-0.2, 0) is 4.79 Å². The van der Waals surface area contributed by atoms with Crippen LogP contribution in [0.2, 0.25) is 0 Å². The van der Waals surface area contributed by atoms with Crippen molar-refractivity contribution in [3.05, 3.63) is 0 Å². The predicted molar refractivity (Wildman–Crippen MR) is 85.2 cm³/mol. The fourth-order valence-corrected chi connectivity index (χ4v) is 4.25. The molecule has 0 bridgehead atoms. The van der Waals surface area contributed by atoms with E-state index in [4.69, 9.17) is 0 Å². The van der Waals surface area contributed by atoms with Crippen LogP contribution in [0, 0.1) is 5.92 Å². The highest BCUT2D eigenvalue weighted by molar-refractivity contribution is 5.76. The zero-order valence-corrected chi connectivity index (χ0v) is 13.4. The molecule has 1 amide bonds. The Hall–Kier alpha value is -0.610. The maximum atomic E-state index is 12.4. The van der Waals surface area contributed by atoms with Crippen LogP contribution in [0.3, 0.4) is 0 Å². The monoisotopic (exact) mass is 293 g/mol. The summed E-state index contributed by atoms with van der Waals surface area (Å²) in [6.45, 7) is 6.81. The van der Waals surface area contributed by atoms with Gasteiger partial charge < -0.3 is 15.1 Å². The van der Waals surface area contributed by atoms with E-state index in [9.17, 15) is 4.79 Å². The summed E-state index contributed by atoms with van der Waals surface area (Å²) < 4.78 is 0. The standard InChI is InChI=1S/C17H31N3O/c21-17(6-5-15-7-9-18-14-15)20-12-3-4-16(8-13-20)19-10-1-2-11-19/h15-16,18H,1-14H2. The SMILES string of the molecule is O=C(CCC1CCNC1)N1CCCC(N2CCCC2)CC1. The van der Waals surface area contributed by atoms with Crippen molar-refractivity contribution in [1.82, 2.24) is 15.1 Å². The molecule has 4 nitrogen and oxygen atoms in total. The Morgan fingerprint density at radius 2 is 1.86 bits per heavy atom. The molecule has 0 radical (unpaired) electrons. The van der Waals surface area contributed by atoms with Crippen LogP contribution >= 0.6 is 0 Å². The normalized spacial score (nSPS) is 31.5. The molecule has 3 aliphatic rings. The predicted octanol–water partition coefficient (Wildman–Crippen LogP) is 1.85. The summed E-state index contributed by atoms with van der Waals surface area (Å²) in [7, 11) is 0. The van der Waals surface area contributed by atoms with E-state index in [1.807, 2.05) is 0 Å². The van der Waals surface area contributed by atoms with Gasteiger partial charge in [-0.05, 0) is 77.0 Å². The Morgan fingerprint density at radius 1 is 1.00 bits per heavy atom. The van der Waals surface area contributed by atoms with Crippen molar-refractivity contribution in [3.8, 4) is 0 Å². The van der Waals surface area contributed by atoms with Gasteiger partial charge in [0.1, 0.15) is 0 Å². The molecular weight excluding hydrogens is 262 g/mol. The molecule has 3 heterocycles. The second kappa shape index (κ2) is 7.59. The molecule has 4 heteroatoms. The first-order valence-electron chi connectivity index (χ1n) is 9.05. The third-order valence-electron chi connectivity index (χ3n) is 5.64. The van der Waals surface area contributed by atoms with E-state index >= 15 is 0 Å². The first kappa shape index (κ1) is 15.3. The number of hydrogen-bond acceptors (Lipinski definition) is 3. The van der Waals surface area contributed by atoms with Crippen LogP contribution in [-0.4, -0.2) is 61.0 Å². The van der Waals surface area contributed by atoms with Gasteiger partial charge in [-0.3, -0.25) is 4.79 Å². The molecule has 3 rings (SSSR count). The van der Waals surface area contributed by atoms with Crippen LogP contribution in [0.25, 0.3) is 0 Å². The lowest BCUT2D eigenvalue weighted by Crippen LogP contribution is -2.35. The molecule has 2 atom stereocenters. The molecule has 0 aliphatic carbocycles. The zero-order valence-electron chi connectivity index (χ0n) is 13.4. The Kier molecular flexibility index (Phi) is 5.53. The van der Waals surface area contributed by atoms with Gasteiger partial charge in [-0.25, -0.2) is 0 Å². The number of likely N-dealkylation sites (tertiary alicyclic amines) is 2. The Balaban J connectivity index is 1.41. The van der Waals surface area contributed by atoms with E-state index in [1.165, 1.54) is 51.6 Å². The first-order valence-corrected chi connectivity index (χ1v) is 9.05. The molecule has 120 valence electrons. The van der Waals surface area contributed by atoms with E-state index in [-0.39, 0.29) is 0 Å². The molecule has 0 spiro atoms. The number of rotatable bonds is 4. The summed E-state index contributed by atoms with van der Waals surface area (Å²) in [4.78, 5) is 17.2. The molecule has 1 N–H and O–H groups in total. The van der Waals surface area contributed by atoms with Crippen molar-refractivity contribution in [1.29, 1.82) is 0 Å². The Morgan fingerprint density at radius 3 is 2.62 bits per heavy atom. The van der Waals surface area contributed by atoms with Crippen molar-refractivity contribution in [2.45, 2.75) is 57.4 Å². The quantitative estimate of drug-likeness (QED) is 0.859. The summed E-state index contributed by atoms with van der Waals surface area (Å²) >= 11 is 0. The van der Waals surface area contributed by atoms with Gasteiger partial charge in [0.2, 0.25) is 5.91 Å². The Labute approximate surface area is 129 Å². The number of carbonyl (C=O) groups is 1. The molecule has 2 unspecified atom stereocenters. The molecular formula is C17H31N3O. The average molecular weight is 293 g/mol. The van der Waals surface area contributed by atoms with Crippen molar-refractivity contribution < 1.29 is 4.79 Å². The second-order valence-corrected chi connectivity index (χ2v) is 7.11. The van der Waals surface area contributed by atoms with E-state index in [2.05, 4.69) is 15.1 Å². The van der Waals surface area contributed by atoms with E-state index in [0.29, 0.717) is 5.91 Å². The number of amides is 1. The molecule has 3 aliphatic heterocycles. The van der Waals surface area contributed by atoms with Gasteiger partial charge in [-0.2, -0.15) is 0 Å². The minimum Gasteiger partial charge on any atom is -0.343 e. The van der Waals surface area contributed by atoms with Crippen LogP contribution in [0.15, 0.2) is 0 Å². The number of nitrogens with zero attached hydrogens (tertiary/aromatic N) is 2. The van der Waals surface area contributed by atoms with E-state index in [0.717, 1.165) is 51.0 Å². The average Bonchev–Trinajstić information content (AvgIpc) is 3.15. The van der Waals surface area contributed by atoms with Gasteiger partial charge in [-0.1, -0.05) is 0 Å². The summed E-state index contributed by atoms with van der Waals surface area (Å²) in [6.07, 6.45) is 9.51. The number of nitrogens with one attached hydrogen (secondary N) is 1. The van der Waals surface area contributed by atoms with Crippen molar-refractivity contribution >= 4 is 5.91 Å². The molecule has 3 fully saturated rings. The van der Waals surface area contributed by atoms with Gasteiger partial charge in [0.15, 0.2) is 0 Å². The fraction of sp³-hybridized carbons (Fsp3) is 0.941. The minimum atomic E-state index is 0.406. The molecule has 0 saturated carbocycles. The van der Waals surface area contributed by atoms with Gasteiger partial charge in [-0.15, -0.1) is 0 Å². The third-order valence-corrected chi connectivity index (χ3v) is 5.64. The highest BCUT2D eigenvalue weighted by atomic mass is 16.2. The summed E-state index contributed by atoms with van der Waals surface area (Å²) in [5.74, 6) is 1.14. The van der Waals surface area contributed by atoms with Crippen LogP contribution < -0.4 is 5.32 Å². The zero-order chi connectivity index (χ0) is 14.5. The molecule has 0 aromatic rings. The van der Waals surface area contributed by atoms with Gasteiger partial charge in [0.05, 0.1) is 0 Å². The van der Waals surface area contributed by atoms with Gasteiger partial charge in [0.25, 0.3) is 0 Å². The van der Waals surface area contributed by atoms with Crippen molar-refractivity contribution in [2.24, 2.45) is 5.92 Å². The second-order valence-electron chi connectivity index (χ2n) is 7.11. The summed E-state index contributed by atoms with van der Waals surface area (Å²) in [5, 5.41) is 3.39. The van der Waals surface area contributed by atoms with Crippen LogP contribution in [0.1, 0.15) is 51.4 Å². The van der Waals surface area contributed by atoms with E-state index < -0.39 is 0 Å². The first-order chi connectivity index (χ1) is 10.3. The molecule has 21 heavy (non-hydrogen) atoms. The summed E-state index contributed by atoms with van der Waals surface area (Å²) in [6, 6.07) is 0.740. The maximum Gasteiger partial charge on any atom is 0.222 e. The van der Waals surface area contributed by atoms with E-state index in [1.54, 1.807) is 0 Å². The third kappa shape index (κ3) is 4.19. The lowest BCUT2D eigenvalue weighted by Gasteiger charge is -2.26. The molecule has 0 aromatic carbocycles. The maximum absolute atomic E-state index is 12.4. The molecule has 3 saturated heterocycles. The highest BCUT2D eigenvalue weighted by Crippen LogP contribution is 2.22. The largest absolute Gasteiger partial charge is 0.343 e. The van der Waals surface area contributed by atoms with Crippen LogP contribution in [0.5, 0.6) is 0 Å². The number of carbonyl (C=O) groups excluding carboxylic acids is 1. The molecule has 0 aromatic heterocycles. The van der Waals surface area contributed by atoms with Crippen molar-refractivity contribution in [3.63, 3.8) is 0 Å². The highest BCUT2D eigenvalue weighted by Gasteiger charge is 2.26. The van der Waals surface area contributed by atoms with Crippen LogP contribution in [0.4, 0.5) is 0 Å². The van der Waals surface area contributed by atoms with Crippen molar-refractivity contribution in [2.75, 3.05) is 39.3 Å². The number of hydrogen-bond donors (Lipinski definition) is 1.